The van der Waals surface area contributed by atoms with Gasteiger partial charge in [-0.15, -0.1) is 0 Å². The summed E-state index contributed by atoms with van der Waals surface area (Å²) in [5.41, 5.74) is 3.83. The molecule has 4 nitrogen and oxygen atoms in total. The largest absolute Gasteiger partial charge is 0.493 e. The minimum Gasteiger partial charge on any atom is -0.493 e. The third kappa shape index (κ3) is 5.10. The molecule has 144 valence electrons. The van der Waals surface area contributed by atoms with Gasteiger partial charge in [0, 0.05) is 13.1 Å². The molecule has 0 saturated carbocycles. The van der Waals surface area contributed by atoms with Gasteiger partial charge in [-0.1, -0.05) is 49.4 Å². The Bertz CT molecular complexity index is 760. The van der Waals surface area contributed by atoms with E-state index in [1.54, 1.807) is 0 Å². The molecule has 1 aliphatic rings. The molecule has 0 saturated heterocycles. The fraction of sp³-hybridized carbons (Fsp3) is 0.435. The first-order chi connectivity index (χ1) is 13.2. The molecule has 1 atom stereocenters. The number of nitrogens with zero attached hydrogens (tertiary/aromatic N) is 1. The van der Waals surface area contributed by atoms with Gasteiger partial charge < -0.3 is 10.1 Å². The Morgan fingerprint density at radius 3 is 2.70 bits per heavy atom. The molecule has 0 fully saturated rings. The minimum atomic E-state index is -0.0833. The standard InChI is InChI=1S/C23H30N2O2/c1-3-15-27-22-13-7-6-9-18(22)12-8-14-24-23(26)21-16-19-10-4-5-11-20(19)17-25(21)2/h4-7,9-11,13,21H,3,8,12,14-17H2,1-2H3,(H,24,26)/t21-/m0/s1. The van der Waals surface area contributed by atoms with Gasteiger partial charge in [-0.05, 0) is 55.5 Å². The van der Waals surface area contributed by atoms with Crippen molar-refractivity contribution in [2.45, 2.75) is 45.2 Å². The van der Waals surface area contributed by atoms with Crippen molar-refractivity contribution in [1.29, 1.82) is 0 Å². The first kappa shape index (κ1) is 19.4. The molecule has 2 aromatic rings. The van der Waals surface area contributed by atoms with E-state index in [0.717, 1.165) is 44.6 Å². The maximum absolute atomic E-state index is 12.7. The lowest BCUT2D eigenvalue weighted by Crippen LogP contribution is -2.48. The lowest BCUT2D eigenvalue weighted by molar-refractivity contribution is -0.126. The summed E-state index contributed by atoms with van der Waals surface area (Å²) in [7, 11) is 2.03. The average Bonchev–Trinajstić information content (AvgIpc) is 2.69. The molecule has 27 heavy (non-hydrogen) atoms. The second-order valence-corrected chi connectivity index (χ2v) is 7.25. The maximum atomic E-state index is 12.7. The predicted octanol–water partition coefficient (Wildman–Crippen LogP) is 3.58. The Kier molecular flexibility index (Phi) is 6.88. The van der Waals surface area contributed by atoms with E-state index < -0.39 is 0 Å². The first-order valence-corrected chi connectivity index (χ1v) is 9.94. The number of carbonyl (C=O) groups is 1. The van der Waals surface area contributed by atoms with Crippen molar-refractivity contribution in [3.8, 4) is 5.75 Å². The predicted molar refractivity (Wildman–Crippen MR) is 109 cm³/mol. The number of aryl methyl sites for hydroxylation is 1. The lowest BCUT2D eigenvalue weighted by atomic mass is 9.94. The van der Waals surface area contributed by atoms with Crippen LogP contribution in [-0.2, 0) is 24.2 Å². The number of hydrogen-bond donors (Lipinski definition) is 1. The lowest BCUT2D eigenvalue weighted by Gasteiger charge is -2.33. The summed E-state index contributed by atoms with van der Waals surface area (Å²) in [6.07, 6.45) is 3.60. The van der Waals surface area contributed by atoms with Gasteiger partial charge in [0.1, 0.15) is 5.75 Å². The third-order valence-corrected chi connectivity index (χ3v) is 5.14. The van der Waals surface area contributed by atoms with Crippen LogP contribution in [-0.4, -0.2) is 37.0 Å². The molecule has 1 N–H and O–H groups in total. The van der Waals surface area contributed by atoms with Crippen LogP contribution in [0.25, 0.3) is 0 Å². The van der Waals surface area contributed by atoms with E-state index in [0.29, 0.717) is 6.54 Å². The van der Waals surface area contributed by atoms with E-state index >= 15 is 0 Å². The van der Waals surface area contributed by atoms with Crippen molar-refractivity contribution in [2.75, 3.05) is 20.2 Å². The smallest absolute Gasteiger partial charge is 0.237 e. The van der Waals surface area contributed by atoms with Crippen LogP contribution >= 0.6 is 0 Å². The van der Waals surface area contributed by atoms with E-state index in [2.05, 4.69) is 47.5 Å². The highest BCUT2D eigenvalue weighted by Gasteiger charge is 2.28. The Hall–Kier alpha value is -2.33. The summed E-state index contributed by atoms with van der Waals surface area (Å²) >= 11 is 0. The second-order valence-electron chi connectivity index (χ2n) is 7.25. The van der Waals surface area contributed by atoms with Gasteiger partial charge in [0.25, 0.3) is 0 Å². The van der Waals surface area contributed by atoms with Crippen LogP contribution in [0, 0.1) is 0 Å². The number of benzene rings is 2. The number of fused-ring (bicyclic) bond motifs is 1. The fourth-order valence-corrected chi connectivity index (χ4v) is 3.62. The van der Waals surface area contributed by atoms with Gasteiger partial charge in [0.05, 0.1) is 12.6 Å². The first-order valence-electron chi connectivity index (χ1n) is 9.94. The number of ether oxygens (including phenoxy) is 1. The number of rotatable bonds is 8. The van der Waals surface area contributed by atoms with Crippen molar-refractivity contribution in [2.24, 2.45) is 0 Å². The highest BCUT2D eigenvalue weighted by Crippen LogP contribution is 2.22. The van der Waals surface area contributed by atoms with Crippen molar-refractivity contribution in [3.05, 3.63) is 65.2 Å². The monoisotopic (exact) mass is 366 g/mol. The number of para-hydroxylation sites is 1. The molecule has 4 heteroatoms. The summed E-state index contributed by atoms with van der Waals surface area (Å²) < 4.78 is 5.81. The fourth-order valence-electron chi connectivity index (χ4n) is 3.62. The second kappa shape index (κ2) is 9.56. The minimum absolute atomic E-state index is 0.0833. The summed E-state index contributed by atoms with van der Waals surface area (Å²) in [4.78, 5) is 14.8. The van der Waals surface area contributed by atoms with Gasteiger partial charge in [-0.25, -0.2) is 0 Å². The third-order valence-electron chi connectivity index (χ3n) is 5.14. The molecule has 1 heterocycles. The molecule has 0 unspecified atom stereocenters. The van der Waals surface area contributed by atoms with Gasteiger partial charge in [0.15, 0.2) is 0 Å². The normalized spacial score (nSPS) is 16.6. The molecule has 1 aliphatic heterocycles. The molecule has 0 bridgehead atoms. The molecular formula is C23H30N2O2. The summed E-state index contributed by atoms with van der Waals surface area (Å²) in [6, 6.07) is 16.5. The molecular weight excluding hydrogens is 336 g/mol. The zero-order chi connectivity index (χ0) is 19.1. The summed E-state index contributed by atoms with van der Waals surface area (Å²) in [6.45, 7) is 4.37. The van der Waals surface area contributed by atoms with Crippen molar-refractivity contribution < 1.29 is 9.53 Å². The van der Waals surface area contributed by atoms with Crippen LogP contribution in [0.4, 0.5) is 0 Å². The zero-order valence-electron chi connectivity index (χ0n) is 16.4. The number of hydrogen-bond acceptors (Lipinski definition) is 3. The van der Waals surface area contributed by atoms with E-state index in [1.165, 1.54) is 16.7 Å². The van der Waals surface area contributed by atoms with Crippen molar-refractivity contribution in [3.63, 3.8) is 0 Å². The molecule has 0 radical (unpaired) electrons. The number of amides is 1. The number of nitrogens with one attached hydrogen (secondary N) is 1. The van der Waals surface area contributed by atoms with Crippen molar-refractivity contribution >= 4 is 5.91 Å². The molecule has 3 rings (SSSR count). The van der Waals surface area contributed by atoms with Gasteiger partial charge >= 0.3 is 0 Å². The van der Waals surface area contributed by atoms with Gasteiger partial charge in [-0.3, -0.25) is 9.69 Å². The van der Waals surface area contributed by atoms with Crippen LogP contribution in [0.1, 0.15) is 36.5 Å². The van der Waals surface area contributed by atoms with E-state index in [4.69, 9.17) is 4.74 Å². The molecule has 2 aromatic carbocycles. The molecule has 0 spiro atoms. The van der Waals surface area contributed by atoms with Gasteiger partial charge in [-0.2, -0.15) is 0 Å². The van der Waals surface area contributed by atoms with E-state index in [-0.39, 0.29) is 11.9 Å². The maximum Gasteiger partial charge on any atom is 0.237 e. The Morgan fingerprint density at radius 1 is 1.15 bits per heavy atom. The van der Waals surface area contributed by atoms with Crippen LogP contribution in [0.15, 0.2) is 48.5 Å². The SMILES string of the molecule is CCCOc1ccccc1CCCNC(=O)[C@@H]1Cc2ccccc2CN1C. The Labute approximate surface area is 162 Å². The Morgan fingerprint density at radius 2 is 1.89 bits per heavy atom. The van der Waals surface area contributed by atoms with Crippen molar-refractivity contribution in [1.82, 2.24) is 10.2 Å². The number of carbonyl (C=O) groups excluding carboxylic acids is 1. The molecule has 0 aromatic heterocycles. The summed E-state index contributed by atoms with van der Waals surface area (Å²) in [5.74, 6) is 1.09. The Balaban J connectivity index is 1.48. The highest BCUT2D eigenvalue weighted by atomic mass is 16.5. The zero-order valence-corrected chi connectivity index (χ0v) is 16.4. The highest BCUT2D eigenvalue weighted by molar-refractivity contribution is 5.82. The van der Waals surface area contributed by atoms with Crippen LogP contribution in [0.3, 0.4) is 0 Å². The average molecular weight is 367 g/mol. The van der Waals surface area contributed by atoms with E-state index in [9.17, 15) is 4.79 Å². The molecule has 0 aliphatic carbocycles. The molecule has 1 amide bonds. The quantitative estimate of drug-likeness (QED) is 0.726. The van der Waals surface area contributed by atoms with Crippen LogP contribution < -0.4 is 10.1 Å². The number of likely N-dealkylation sites (N-methyl/N-ethyl adjacent to an activating group) is 1. The van der Waals surface area contributed by atoms with E-state index in [1.807, 2.05) is 25.2 Å². The van der Waals surface area contributed by atoms with Gasteiger partial charge in [0.2, 0.25) is 5.91 Å². The van der Waals surface area contributed by atoms with Crippen LogP contribution in [0.2, 0.25) is 0 Å². The van der Waals surface area contributed by atoms with Crippen LogP contribution in [0.5, 0.6) is 5.75 Å². The topological polar surface area (TPSA) is 41.6 Å². The summed E-state index contributed by atoms with van der Waals surface area (Å²) in [5, 5.41) is 3.13.